The summed E-state index contributed by atoms with van der Waals surface area (Å²) in [4.78, 5) is 29.6. The summed E-state index contributed by atoms with van der Waals surface area (Å²) in [6.07, 6.45) is 5.16. The average Bonchev–Trinajstić information content (AvgIpc) is 2.81. The fourth-order valence-electron chi connectivity index (χ4n) is 5.25. The van der Waals surface area contributed by atoms with E-state index < -0.39 is 11.9 Å². The number of likely N-dealkylation sites (tertiary alicyclic amines) is 1. The highest BCUT2D eigenvalue weighted by molar-refractivity contribution is 5.94. The monoisotopic (exact) mass is 452 g/mol. The van der Waals surface area contributed by atoms with Gasteiger partial charge in [-0.15, -0.1) is 0 Å². The summed E-state index contributed by atoms with van der Waals surface area (Å²) in [5.41, 5.74) is 1.51. The summed E-state index contributed by atoms with van der Waals surface area (Å²) >= 11 is 0. The number of para-hydroxylation sites is 1. The van der Waals surface area contributed by atoms with Crippen molar-refractivity contribution in [2.75, 3.05) is 26.7 Å². The smallest absolute Gasteiger partial charge is 0.263 e. The van der Waals surface area contributed by atoms with Crippen molar-refractivity contribution in [2.45, 2.75) is 51.6 Å². The number of rotatable bonds is 1. The molecule has 0 N–H and O–H groups in total. The Morgan fingerprint density at radius 1 is 1.06 bits per heavy atom. The Morgan fingerprint density at radius 3 is 2.58 bits per heavy atom. The molecule has 6 heteroatoms. The van der Waals surface area contributed by atoms with Gasteiger partial charge in [-0.25, -0.2) is 4.39 Å². The topological polar surface area (TPSA) is 49.9 Å². The molecule has 2 heterocycles. The minimum atomic E-state index is -0.553. The van der Waals surface area contributed by atoms with Crippen LogP contribution in [0.2, 0.25) is 0 Å². The molecule has 0 bridgehead atoms. The van der Waals surface area contributed by atoms with Crippen LogP contribution in [0.5, 0.6) is 5.75 Å². The number of fused-ring (bicyclic) bond motifs is 1. The third kappa shape index (κ3) is 5.37. The molecule has 1 atom stereocenters. The average molecular weight is 453 g/mol. The first-order valence-corrected chi connectivity index (χ1v) is 11.9. The highest BCUT2D eigenvalue weighted by Crippen LogP contribution is 2.38. The molecule has 2 aromatic rings. The predicted molar refractivity (Wildman–Crippen MR) is 126 cm³/mol. The molecule has 4 rings (SSSR count). The first-order valence-electron chi connectivity index (χ1n) is 11.9. The maximum Gasteiger partial charge on any atom is 0.263 e. The maximum absolute atomic E-state index is 13.6. The Hall–Kier alpha value is -2.89. The normalized spacial score (nSPS) is 21.5. The van der Waals surface area contributed by atoms with Crippen molar-refractivity contribution < 1.29 is 18.7 Å². The van der Waals surface area contributed by atoms with Gasteiger partial charge < -0.3 is 14.5 Å². The number of hydrogen-bond acceptors (Lipinski definition) is 3. The summed E-state index contributed by atoms with van der Waals surface area (Å²) in [5, 5.41) is 0. The molecular weight excluding hydrogens is 419 g/mol. The minimum absolute atomic E-state index is 0.0250. The fraction of sp³-hybridized carbons (Fsp3) is 0.481. The van der Waals surface area contributed by atoms with Gasteiger partial charge in [0.15, 0.2) is 6.10 Å². The van der Waals surface area contributed by atoms with Crippen LogP contribution in [-0.4, -0.2) is 54.4 Å². The van der Waals surface area contributed by atoms with Crippen LogP contribution >= 0.6 is 0 Å². The molecule has 176 valence electrons. The second-order valence-electron chi connectivity index (χ2n) is 9.57. The fourth-order valence-corrected chi connectivity index (χ4v) is 5.25. The van der Waals surface area contributed by atoms with Gasteiger partial charge in [0.1, 0.15) is 11.6 Å². The van der Waals surface area contributed by atoms with Crippen LogP contribution in [-0.2, 0) is 11.2 Å². The molecule has 0 saturated carbocycles. The van der Waals surface area contributed by atoms with E-state index in [1.807, 2.05) is 37.1 Å². The lowest BCUT2D eigenvalue weighted by atomic mass is 9.73. The zero-order valence-electron chi connectivity index (χ0n) is 19.6. The van der Waals surface area contributed by atoms with E-state index in [1.165, 1.54) is 12.1 Å². The largest absolute Gasteiger partial charge is 0.481 e. The van der Waals surface area contributed by atoms with Crippen LogP contribution < -0.4 is 4.74 Å². The maximum atomic E-state index is 13.6. The zero-order valence-corrected chi connectivity index (χ0v) is 19.6. The number of benzene rings is 2. The minimum Gasteiger partial charge on any atom is -0.481 e. The molecule has 1 saturated heterocycles. The Bertz CT molecular complexity index is 1000. The van der Waals surface area contributed by atoms with Crippen molar-refractivity contribution in [2.24, 2.45) is 5.41 Å². The van der Waals surface area contributed by atoms with E-state index in [4.69, 9.17) is 4.74 Å². The highest BCUT2D eigenvalue weighted by Gasteiger charge is 2.38. The highest BCUT2D eigenvalue weighted by atomic mass is 19.1. The number of halogens is 1. The van der Waals surface area contributed by atoms with Gasteiger partial charge in [-0.05, 0) is 74.3 Å². The summed E-state index contributed by atoms with van der Waals surface area (Å²) in [7, 11) is 1.85. The van der Waals surface area contributed by atoms with Crippen LogP contribution in [0.1, 0.15) is 54.9 Å². The lowest BCUT2D eigenvalue weighted by molar-refractivity contribution is -0.138. The molecule has 2 aromatic carbocycles. The molecule has 5 nitrogen and oxygen atoms in total. The molecule has 1 fully saturated rings. The van der Waals surface area contributed by atoms with Crippen LogP contribution in [0.25, 0.3) is 0 Å². The quantitative estimate of drug-likeness (QED) is 0.630. The second kappa shape index (κ2) is 9.94. The number of ether oxygens (including phenoxy) is 1. The van der Waals surface area contributed by atoms with Gasteiger partial charge in [0, 0.05) is 32.2 Å². The van der Waals surface area contributed by atoms with Gasteiger partial charge in [0.05, 0.1) is 0 Å². The van der Waals surface area contributed by atoms with Gasteiger partial charge in [0.25, 0.3) is 11.8 Å². The molecule has 2 aliphatic heterocycles. The number of likely N-dealkylation sites (N-methyl/N-ethyl adjacent to an activating group) is 1. The molecule has 2 amide bonds. The molecular formula is C27H33FN2O3. The molecule has 1 spiro atoms. The molecule has 0 unspecified atom stereocenters. The van der Waals surface area contributed by atoms with Crippen LogP contribution in [0.15, 0.2) is 48.5 Å². The molecule has 33 heavy (non-hydrogen) atoms. The van der Waals surface area contributed by atoms with Crippen LogP contribution in [0.3, 0.4) is 0 Å². The third-order valence-corrected chi connectivity index (χ3v) is 7.16. The van der Waals surface area contributed by atoms with Gasteiger partial charge in [-0.3, -0.25) is 9.59 Å². The van der Waals surface area contributed by atoms with E-state index in [1.54, 1.807) is 17.0 Å². The zero-order chi connectivity index (χ0) is 23.4. The van der Waals surface area contributed by atoms with Gasteiger partial charge >= 0.3 is 0 Å². The number of nitrogens with zero attached hydrogens (tertiary/aromatic N) is 2. The standard InChI is InChI=1S/C27H33FN2O3/c1-20-25(31)29(2)19-27(13-6-5-9-21-8-3-4-12-24(21)33-20)14-16-30(17-15-27)26(32)22-10-7-11-23(28)18-22/h3-4,7-8,10-12,18,20H,5-6,9,13-17,19H2,1-2H3/t20-/m1/s1. The number of piperidine rings is 1. The van der Waals surface area contributed by atoms with E-state index in [9.17, 15) is 14.0 Å². The van der Waals surface area contributed by atoms with Crippen molar-refractivity contribution in [3.05, 3.63) is 65.5 Å². The van der Waals surface area contributed by atoms with E-state index in [2.05, 4.69) is 6.07 Å². The number of hydrogen-bond donors (Lipinski definition) is 0. The van der Waals surface area contributed by atoms with E-state index >= 15 is 0 Å². The lowest BCUT2D eigenvalue weighted by Gasteiger charge is -2.44. The van der Waals surface area contributed by atoms with E-state index in [0.717, 1.165) is 49.8 Å². The van der Waals surface area contributed by atoms with Gasteiger partial charge in [0.2, 0.25) is 0 Å². The summed E-state index contributed by atoms with van der Waals surface area (Å²) < 4.78 is 19.6. The van der Waals surface area contributed by atoms with E-state index in [0.29, 0.717) is 25.2 Å². The summed E-state index contributed by atoms with van der Waals surface area (Å²) in [6.45, 7) is 3.70. The van der Waals surface area contributed by atoms with Crippen molar-refractivity contribution >= 4 is 11.8 Å². The van der Waals surface area contributed by atoms with Crippen molar-refractivity contribution in [1.82, 2.24) is 9.80 Å². The number of amides is 2. The van der Waals surface area contributed by atoms with Crippen LogP contribution in [0, 0.1) is 11.2 Å². The predicted octanol–water partition coefficient (Wildman–Crippen LogP) is 4.70. The first kappa shape index (κ1) is 23.3. The molecule has 2 aliphatic rings. The second-order valence-corrected chi connectivity index (χ2v) is 9.57. The lowest BCUT2D eigenvalue weighted by Crippen LogP contribution is -2.50. The Balaban J connectivity index is 1.47. The molecule has 0 aliphatic carbocycles. The number of aryl methyl sites for hydroxylation is 1. The number of carbonyl (C=O) groups is 2. The van der Waals surface area contributed by atoms with Crippen molar-refractivity contribution in [1.29, 1.82) is 0 Å². The summed E-state index contributed by atoms with van der Waals surface area (Å²) in [6, 6.07) is 13.9. The molecule has 0 radical (unpaired) electrons. The van der Waals surface area contributed by atoms with Gasteiger partial charge in [-0.1, -0.05) is 30.7 Å². The SMILES string of the molecule is C[C@H]1Oc2ccccc2CCCCC2(CCN(C(=O)c3cccc(F)c3)CC2)CN(C)C1=O. The van der Waals surface area contributed by atoms with Gasteiger partial charge in [-0.2, -0.15) is 0 Å². The van der Waals surface area contributed by atoms with E-state index in [-0.39, 0.29) is 17.2 Å². The first-order chi connectivity index (χ1) is 15.9. The molecule has 0 aromatic heterocycles. The number of carbonyl (C=O) groups excluding carboxylic acids is 2. The third-order valence-electron chi connectivity index (χ3n) is 7.16. The summed E-state index contributed by atoms with van der Waals surface area (Å²) in [5.74, 6) is 0.251. The Morgan fingerprint density at radius 2 is 1.82 bits per heavy atom. The van der Waals surface area contributed by atoms with Crippen LogP contribution in [0.4, 0.5) is 4.39 Å². The Labute approximate surface area is 195 Å². The van der Waals surface area contributed by atoms with Crippen molar-refractivity contribution in [3.63, 3.8) is 0 Å². The Kier molecular flexibility index (Phi) is 7.01. The van der Waals surface area contributed by atoms with Crippen molar-refractivity contribution in [3.8, 4) is 5.75 Å².